The molecule has 110 valence electrons. The van der Waals surface area contributed by atoms with Crippen molar-refractivity contribution >= 4 is 23.1 Å². The number of anilines is 1. The van der Waals surface area contributed by atoms with Crippen molar-refractivity contribution in [3.8, 4) is 0 Å². The highest BCUT2D eigenvalue weighted by molar-refractivity contribution is 6.34. The molecule has 0 fully saturated rings. The number of aromatic nitrogens is 1. The molecule has 0 aliphatic heterocycles. The second kappa shape index (κ2) is 6.95. The third-order valence-electron chi connectivity index (χ3n) is 3.26. The molecule has 1 aromatic heterocycles. The molecule has 1 aromatic carbocycles. The fraction of sp³-hybridized carbons (Fsp3) is 0.200. The van der Waals surface area contributed by atoms with Crippen LogP contribution in [-0.2, 0) is 6.42 Å². The number of likely N-dealkylation sites (N-methyl/N-ethyl adjacent to an activating group) is 1. The van der Waals surface area contributed by atoms with Crippen molar-refractivity contribution in [2.75, 3.05) is 18.5 Å². The first-order valence-corrected chi connectivity index (χ1v) is 6.87. The number of rotatable bonds is 5. The van der Waals surface area contributed by atoms with Crippen molar-refractivity contribution in [3.63, 3.8) is 0 Å². The number of nitrogens with zero attached hydrogens (tertiary/aromatic N) is 3. The molecule has 0 radical (unpaired) electrons. The number of oxime groups is 1. The van der Waals surface area contributed by atoms with E-state index >= 15 is 0 Å². The third kappa shape index (κ3) is 3.86. The molecule has 21 heavy (non-hydrogen) atoms. The standard InChI is InChI=1S/C15H17ClN4O/c1-20(9-6-11-4-7-18-8-5-11)12-2-3-13(14(16)10-12)15(17)19-21/h2-5,7-8,10,21H,6,9H2,1H3,(H2,17,19). The van der Waals surface area contributed by atoms with Crippen LogP contribution in [0.4, 0.5) is 5.69 Å². The SMILES string of the molecule is CN(CCc1ccncc1)c1ccc(C(N)=NO)c(Cl)c1. The molecule has 0 saturated heterocycles. The average Bonchev–Trinajstić information content (AvgIpc) is 2.52. The Morgan fingerprint density at radius 2 is 2.05 bits per heavy atom. The molecule has 6 heteroatoms. The summed E-state index contributed by atoms with van der Waals surface area (Å²) in [5.41, 5.74) is 8.28. The predicted octanol–water partition coefficient (Wildman–Crippen LogP) is 2.51. The topological polar surface area (TPSA) is 74.7 Å². The van der Waals surface area contributed by atoms with Gasteiger partial charge in [-0.1, -0.05) is 16.8 Å². The zero-order valence-corrected chi connectivity index (χ0v) is 12.5. The molecule has 0 aliphatic carbocycles. The van der Waals surface area contributed by atoms with Crippen molar-refractivity contribution in [3.05, 3.63) is 58.9 Å². The highest BCUT2D eigenvalue weighted by Gasteiger charge is 2.08. The van der Waals surface area contributed by atoms with Crippen molar-refractivity contribution in [1.29, 1.82) is 0 Å². The minimum absolute atomic E-state index is 0.00555. The minimum Gasteiger partial charge on any atom is -0.409 e. The third-order valence-corrected chi connectivity index (χ3v) is 3.58. The second-order valence-corrected chi connectivity index (χ2v) is 5.08. The summed E-state index contributed by atoms with van der Waals surface area (Å²) in [5.74, 6) is 0.00555. The smallest absolute Gasteiger partial charge is 0.171 e. The highest BCUT2D eigenvalue weighted by Crippen LogP contribution is 2.23. The van der Waals surface area contributed by atoms with Gasteiger partial charge in [-0.3, -0.25) is 4.98 Å². The summed E-state index contributed by atoms with van der Waals surface area (Å²) >= 11 is 6.16. The van der Waals surface area contributed by atoms with E-state index in [0.717, 1.165) is 18.7 Å². The first-order valence-electron chi connectivity index (χ1n) is 6.49. The van der Waals surface area contributed by atoms with E-state index in [0.29, 0.717) is 10.6 Å². The fourth-order valence-electron chi connectivity index (χ4n) is 1.98. The van der Waals surface area contributed by atoms with Gasteiger partial charge in [-0.2, -0.15) is 0 Å². The van der Waals surface area contributed by atoms with Crippen LogP contribution >= 0.6 is 11.6 Å². The zero-order chi connectivity index (χ0) is 15.2. The second-order valence-electron chi connectivity index (χ2n) is 4.68. The maximum atomic E-state index is 8.69. The first-order chi connectivity index (χ1) is 10.1. The van der Waals surface area contributed by atoms with Crippen LogP contribution in [0.3, 0.4) is 0 Å². The summed E-state index contributed by atoms with van der Waals surface area (Å²) in [4.78, 5) is 6.10. The van der Waals surface area contributed by atoms with E-state index in [1.807, 2.05) is 31.3 Å². The van der Waals surface area contributed by atoms with E-state index in [9.17, 15) is 0 Å². The molecular weight excluding hydrogens is 288 g/mol. The molecule has 1 heterocycles. The average molecular weight is 305 g/mol. The number of hydrogen-bond donors (Lipinski definition) is 2. The maximum Gasteiger partial charge on any atom is 0.171 e. The first kappa shape index (κ1) is 15.1. The van der Waals surface area contributed by atoms with Gasteiger partial charge in [-0.25, -0.2) is 0 Å². The molecule has 0 aliphatic rings. The monoisotopic (exact) mass is 304 g/mol. The van der Waals surface area contributed by atoms with E-state index in [2.05, 4.69) is 15.0 Å². The van der Waals surface area contributed by atoms with Crippen LogP contribution in [0.5, 0.6) is 0 Å². The van der Waals surface area contributed by atoms with Crippen LogP contribution < -0.4 is 10.6 Å². The van der Waals surface area contributed by atoms with Crippen LogP contribution in [-0.4, -0.2) is 29.6 Å². The Kier molecular flexibility index (Phi) is 5.00. The molecule has 0 saturated carbocycles. The van der Waals surface area contributed by atoms with Crippen molar-refractivity contribution in [1.82, 2.24) is 4.98 Å². The molecule has 0 bridgehead atoms. The van der Waals surface area contributed by atoms with Crippen LogP contribution in [0, 0.1) is 0 Å². The molecule has 0 atom stereocenters. The Morgan fingerprint density at radius 3 is 2.67 bits per heavy atom. The maximum absolute atomic E-state index is 8.69. The Morgan fingerprint density at radius 1 is 1.33 bits per heavy atom. The largest absolute Gasteiger partial charge is 0.409 e. The minimum atomic E-state index is 0.00555. The lowest BCUT2D eigenvalue weighted by molar-refractivity contribution is 0.318. The summed E-state index contributed by atoms with van der Waals surface area (Å²) in [6.07, 6.45) is 4.49. The van der Waals surface area contributed by atoms with E-state index < -0.39 is 0 Å². The van der Waals surface area contributed by atoms with Crippen molar-refractivity contribution in [2.45, 2.75) is 6.42 Å². The number of benzene rings is 1. The Labute approximate surface area is 128 Å². The van der Waals surface area contributed by atoms with E-state index in [-0.39, 0.29) is 5.84 Å². The molecular formula is C15H17ClN4O. The zero-order valence-electron chi connectivity index (χ0n) is 11.7. The quantitative estimate of drug-likeness (QED) is 0.385. The van der Waals surface area contributed by atoms with E-state index in [4.69, 9.17) is 22.5 Å². The summed E-state index contributed by atoms with van der Waals surface area (Å²) < 4.78 is 0. The number of halogens is 1. The van der Waals surface area contributed by atoms with Gasteiger partial charge in [0.15, 0.2) is 5.84 Å². The number of amidine groups is 1. The van der Waals surface area contributed by atoms with Crippen LogP contribution in [0.1, 0.15) is 11.1 Å². The van der Waals surface area contributed by atoms with Gasteiger partial charge >= 0.3 is 0 Å². The molecule has 0 unspecified atom stereocenters. The summed E-state index contributed by atoms with van der Waals surface area (Å²) in [7, 11) is 2.00. The van der Waals surface area contributed by atoms with Gasteiger partial charge in [-0.15, -0.1) is 0 Å². The van der Waals surface area contributed by atoms with E-state index in [1.54, 1.807) is 18.5 Å². The van der Waals surface area contributed by atoms with Crippen molar-refractivity contribution < 1.29 is 5.21 Å². The van der Waals surface area contributed by atoms with Gasteiger partial charge in [0, 0.05) is 37.2 Å². The summed E-state index contributed by atoms with van der Waals surface area (Å²) in [5, 5.41) is 12.1. The van der Waals surface area contributed by atoms with Gasteiger partial charge in [0.2, 0.25) is 0 Å². The molecule has 3 N–H and O–H groups in total. The van der Waals surface area contributed by atoms with Crippen LogP contribution in [0.25, 0.3) is 0 Å². The lowest BCUT2D eigenvalue weighted by Gasteiger charge is -2.20. The van der Waals surface area contributed by atoms with Crippen LogP contribution in [0.2, 0.25) is 5.02 Å². The lowest BCUT2D eigenvalue weighted by atomic mass is 10.1. The fourth-order valence-corrected chi connectivity index (χ4v) is 2.25. The molecule has 0 amide bonds. The highest BCUT2D eigenvalue weighted by atomic mass is 35.5. The van der Waals surface area contributed by atoms with Crippen molar-refractivity contribution in [2.24, 2.45) is 10.9 Å². The Balaban J connectivity index is 2.06. The summed E-state index contributed by atoms with van der Waals surface area (Å²) in [6.45, 7) is 0.850. The normalized spacial score (nSPS) is 11.4. The van der Waals surface area contributed by atoms with Gasteiger partial charge in [-0.05, 0) is 42.3 Å². The summed E-state index contributed by atoms with van der Waals surface area (Å²) in [6, 6.07) is 9.45. The van der Waals surface area contributed by atoms with E-state index in [1.165, 1.54) is 5.56 Å². The molecule has 2 rings (SSSR count). The van der Waals surface area contributed by atoms with Gasteiger partial charge < -0.3 is 15.8 Å². The molecule has 2 aromatic rings. The predicted molar refractivity (Wildman–Crippen MR) is 85.2 cm³/mol. The number of hydrogen-bond acceptors (Lipinski definition) is 4. The molecule has 5 nitrogen and oxygen atoms in total. The lowest BCUT2D eigenvalue weighted by Crippen LogP contribution is -2.21. The number of pyridine rings is 1. The Hall–Kier alpha value is -2.27. The number of nitrogens with two attached hydrogens (primary N) is 1. The Bertz CT molecular complexity index is 631. The van der Waals surface area contributed by atoms with Gasteiger partial charge in [0.1, 0.15) is 0 Å². The van der Waals surface area contributed by atoms with Gasteiger partial charge in [0.25, 0.3) is 0 Å². The van der Waals surface area contributed by atoms with Crippen LogP contribution in [0.15, 0.2) is 47.9 Å². The molecule has 0 spiro atoms. The van der Waals surface area contributed by atoms with Gasteiger partial charge in [0.05, 0.1) is 5.02 Å².